The second-order valence-corrected chi connectivity index (χ2v) is 6.66. The molecule has 0 spiro atoms. The van der Waals surface area contributed by atoms with Crippen LogP contribution in [-0.4, -0.2) is 23.3 Å². The quantitative estimate of drug-likeness (QED) is 0.774. The molecule has 5 heteroatoms. The molecule has 0 saturated carbocycles. The van der Waals surface area contributed by atoms with Crippen molar-refractivity contribution in [2.75, 3.05) is 6.61 Å². The van der Waals surface area contributed by atoms with Gasteiger partial charge >= 0.3 is 5.97 Å². The predicted molar refractivity (Wildman–Crippen MR) is 79.1 cm³/mol. The number of carbonyl (C=O) groups excluding carboxylic acids is 2. The van der Waals surface area contributed by atoms with Gasteiger partial charge in [-0.05, 0) is 41.6 Å². The SMILES string of the molecule is CCOC(=O)c1c(C)nc2c(c1Br)C(=O)CC(C)(C)C2. The minimum Gasteiger partial charge on any atom is -0.462 e. The summed E-state index contributed by atoms with van der Waals surface area (Å²) in [5.41, 5.74) is 2.17. The maximum Gasteiger partial charge on any atom is 0.341 e. The van der Waals surface area contributed by atoms with Crippen LogP contribution in [0.1, 0.15) is 59.3 Å². The van der Waals surface area contributed by atoms with Crippen molar-refractivity contribution >= 4 is 27.7 Å². The van der Waals surface area contributed by atoms with Gasteiger partial charge in [-0.1, -0.05) is 13.8 Å². The molecule has 0 amide bonds. The average Bonchev–Trinajstić information content (AvgIpc) is 2.25. The number of carbonyl (C=O) groups is 2. The number of hydrogen-bond donors (Lipinski definition) is 0. The standard InChI is InChI=1S/C15H18BrNO3/c1-5-20-14(19)11-8(2)17-9-6-15(3,4)7-10(18)12(9)13(11)16/h5-7H2,1-4H3. The molecule has 0 bridgehead atoms. The lowest BCUT2D eigenvalue weighted by Gasteiger charge is -2.30. The van der Waals surface area contributed by atoms with Crippen molar-refractivity contribution in [1.82, 2.24) is 4.98 Å². The van der Waals surface area contributed by atoms with Gasteiger partial charge in [0.1, 0.15) is 0 Å². The molecule has 0 atom stereocenters. The third kappa shape index (κ3) is 2.64. The van der Waals surface area contributed by atoms with E-state index in [1.54, 1.807) is 13.8 Å². The van der Waals surface area contributed by atoms with Gasteiger partial charge in [0.2, 0.25) is 0 Å². The number of aromatic nitrogens is 1. The largest absolute Gasteiger partial charge is 0.462 e. The van der Waals surface area contributed by atoms with Gasteiger partial charge in [0, 0.05) is 10.9 Å². The number of halogens is 1. The minimum atomic E-state index is -0.440. The fourth-order valence-electron chi connectivity index (χ4n) is 2.62. The van der Waals surface area contributed by atoms with E-state index < -0.39 is 5.97 Å². The van der Waals surface area contributed by atoms with E-state index in [-0.39, 0.29) is 11.2 Å². The summed E-state index contributed by atoms with van der Waals surface area (Å²) in [5.74, 6) is -0.411. The molecule has 1 aliphatic carbocycles. The Morgan fingerprint density at radius 3 is 2.65 bits per heavy atom. The summed E-state index contributed by atoms with van der Waals surface area (Å²) in [5, 5.41) is 0. The summed E-state index contributed by atoms with van der Waals surface area (Å²) in [6.07, 6.45) is 1.20. The zero-order chi connectivity index (χ0) is 15.1. The monoisotopic (exact) mass is 339 g/mol. The van der Waals surface area contributed by atoms with E-state index in [0.29, 0.717) is 34.3 Å². The lowest BCUT2D eigenvalue weighted by molar-refractivity contribution is 0.0523. The van der Waals surface area contributed by atoms with Crippen LogP contribution in [0.4, 0.5) is 0 Å². The summed E-state index contributed by atoms with van der Waals surface area (Å²) in [6.45, 7) is 7.92. The second kappa shape index (κ2) is 5.28. The molecule has 108 valence electrons. The third-order valence-electron chi connectivity index (χ3n) is 3.44. The number of ketones is 1. The van der Waals surface area contributed by atoms with Gasteiger partial charge < -0.3 is 4.74 Å². The van der Waals surface area contributed by atoms with Crippen molar-refractivity contribution in [3.8, 4) is 0 Å². The van der Waals surface area contributed by atoms with Gasteiger partial charge in [0.15, 0.2) is 5.78 Å². The molecule has 1 aromatic heterocycles. The highest BCUT2D eigenvalue weighted by molar-refractivity contribution is 9.10. The van der Waals surface area contributed by atoms with Crippen molar-refractivity contribution in [2.45, 2.75) is 40.5 Å². The number of Topliss-reactive ketones (excluding diaryl/α,β-unsaturated/α-hetero) is 1. The maximum absolute atomic E-state index is 12.3. The fourth-order valence-corrected chi connectivity index (χ4v) is 3.51. The number of fused-ring (bicyclic) bond motifs is 1. The van der Waals surface area contributed by atoms with E-state index in [0.717, 1.165) is 12.1 Å². The van der Waals surface area contributed by atoms with Crippen molar-refractivity contribution in [3.63, 3.8) is 0 Å². The summed E-state index contributed by atoms with van der Waals surface area (Å²) in [7, 11) is 0. The predicted octanol–water partition coefficient (Wildman–Crippen LogP) is 3.48. The van der Waals surface area contributed by atoms with Crippen LogP contribution in [0.5, 0.6) is 0 Å². The Morgan fingerprint density at radius 2 is 2.05 bits per heavy atom. The highest BCUT2D eigenvalue weighted by Crippen LogP contribution is 2.38. The first-order valence-electron chi connectivity index (χ1n) is 6.66. The van der Waals surface area contributed by atoms with Crippen molar-refractivity contribution in [1.29, 1.82) is 0 Å². The lowest BCUT2D eigenvalue weighted by Crippen LogP contribution is -2.29. The molecule has 0 aromatic carbocycles. The van der Waals surface area contributed by atoms with Gasteiger partial charge in [-0.3, -0.25) is 9.78 Å². The molecule has 0 aliphatic heterocycles. The summed E-state index contributed by atoms with van der Waals surface area (Å²) in [4.78, 5) is 28.8. The first kappa shape index (κ1) is 15.2. The van der Waals surface area contributed by atoms with E-state index in [1.165, 1.54) is 0 Å². The van der Waals surface area contributed by atoms with E-state index in [1.807, 2.05) is 0 Å². The number of esters is 1. The van der Waals surface area contributed by atoms with Crippen LogP contribution in [0, 0.1) is 12.3 Å². The van der Waals surface area contributed by atoms with E-state index in [2.05, 4.69) is 34.8 Å². The van der Waals surface area contributed by atoms with Crippen LogP contribution < -0.4 is 0 Å². The molecular weight excluding hydrogens is 322 g/mol. The average molecular weight is 340 g/mol. The third-order valence-corrected chi connectivity index (χ3v) is 4.23. The molecule has 1 aliphatic rings. The maximum atomic E-state index is 12.3. The molecule has 20 heavy (non-hydrogen) atoms. The Balaban J connectivity index is 2.60. The van der Waals surface area contributed by atoms with Crippen LogP contribution in [-0.2, 0) is 11.2 Å². The molecule has 1 aromatic rings. The fraction of sp³-hybridized carbons (Fsp3) is 0.533. The smallest absolute Gasteiger partial charge is 0.341 e. The van der Waals surface area contributed by atoms with Gasteiger partial charge in [-0.2, -0.15) is 0 Å². The van der Waals surface area contributed by atoms with Gasteiger partial charge in [0.05, 0.1) is 29.1 Å². The molecule has 0 N–H and O–H groups in total. The highest BCUT2D eigenvalue weighted by atomic mass is 79.9. The van der Waals surface area contributed by atoms with Crippen LogP contribution in [0.3, 0.4) is 0 Å². The zero-order valence-electron chi connectivity index (χ0n) is 12.2. The van der Waals surface area contributed by atoms with Gasteiger partial charge in [-0.15, -0.1) is 0 Å². The Labute approximate surface area is 127 Å². The summed E-state index contributed by atoms with van der Waals surface area (Å²) >= 11 is 3.40. The number of pyridine rings is 1. The number of aryl methyl sites for hydroxylation is 1. The van der Waals surface area contributed by atoms with Crippen molar-refractivity contribution < 1.29 is 14.3 Å². The molecule has 0 unspecified atom stereocenters. The number of ether oxygens (including phenoxy) is 1. The van der Waals surface area contributed by atoms with Crippen molar-refractivity contribution in [3.05, 3.63) is 27.0 Å². The normalized spacial score (nSPS) is 16.8. The number of rotatable bonds is 2. The molecule has 1 heterocycles. The molecule has 0 saturated heterocycles. The van der Waals surface area contributed by atoms with Crippen molar-refractivity contribution in [2.24, 2.45) is 5.41 Å². The van der Waals surface area contributed by atoms with Gasteiger partial charge in [-0.25, -0.2) is 4.79 Å². The van der Waals surface area contributed by atoms with Gasteiger partial charge in [0.25, 0.3) is 0 Å². The van der Waals surface area contributed by atoms with E-state index in [9.17, 15) is 9.59 Å². The first-order chi connectivity index (χ1) is 9.26. The molecule has 0 radical (unpaired) electrons. The van der Waals surface area contributed by atoms with E-state index in [4.69, 9.17) is 4.74 Å². The zero-order valence-corrected chi connectivity index (χ0v) is 13.8. The molecular formula is C15H18BrNO3. The second-order valence-electron chi connectivity index (χ2n) is 5.87. The Kier molecular flexibility index (Phi) is 4.00. The summed E-state index contributed by atoms with van der Waals surface area (Å²) < 4.78 is 5.56. The topological polar surface area (TPSA) is 56.3 Å². The minimum absolute atomic E-state index is 0.0289. The first-order valence-corrected chi connectivity index (χ1v) is 7.45. The van der Waals surface area contributed by atoms with E-state index >= 15 is 0 Å². The molecule has 4 nitrogen and oxygen atoms in total. The Hall–Kier alpha value is -1.23. The van der Waals surface area contributed by atoms with Crippen LogP contribution in [0.2, 0.25) is 0 Å². The van der Waals surface area contributed by atoms with Crippen LogP contribution in [0.15, 0.2) is 4.47 Å². The molecule has 2 rings (SSSR count). The number of hydrogen-bond acceptors (Lipinski definition) is 4. The number of nitrogens with zero attached hydrogens (tertiary/aromatic N) is 1. The Bertz CT molecular complexity index is 593. The van der Waals surface area contributed by atoms with Crippen LogP contribution >= 0.6 is 15.9 Å². The summed E-state index contributed by atoms with van der Waals surface area (Å²) in [6, 6.07) is 0. The van der Waals surface area contributed by atoms with Crippen LogP contribution in [0.25, 0.3) is 0 Å². The molecule has 0 fully saturated rings. The lowest BCUT2D eigenvalue weighted by atomic mass is 9.75. The highest BCUT2D eigenvalue weighted by Gasteiger charge is 2.35. The Morgan fingerprint density at radius 1 is 1.40 bits per heavy atom.